The summed E-state index contributed by atoms with van der Waals surface area (Å²) < 4.78 is 27.9. The molecule has 0 amide bonds. The quantitative estimate of drug-likeness (QED) is 0.880. The molecule has 1 aromatic rings. The van der Waals surface area contributed by atoms with E-state index in [4.69, 9.17) is 0 Å². The molecule has 2 nitrogen and oxygen atoms in total. The zero-order chi connectivity index (χ0) is 13.1. The van der Waals surface area contributed by atoms with Gasteiger partial charge in [-0.3, -0.25) is 0 Å². The molecular formula is C13H20FNOS. The molecule has 0 radical (unpaired) electrons. The molecule has 0 fully saturated rings. The van der Waals surface area contributed by atoms with Crippen molar-refractivity contribution in [1.29, 1.82) is 0 Å². The van der Waals surface area contributed by atoms with Gasteiger partial charge >= 0.3 is 0 Å². The number of halogens is 1. The van der Waals surface area contributed by atoms with Crippen LogP contribution in [0.3, 0.4) is 0 Å². The van der Waals surface area contributed by atoms with E-state index in [9.17, 15) is 8.60 Å². The lowest BCUT2D eigenvalue weighted by Gasteiger charge is -2.23. The van der Waals surface area contributed by atoms with E-state index in [1.807, 2.05) is 33.8 Å². The summed E-state index contributed by atoms with van der Waals surface area (Å²) in [6, 6.07) is 6.35. The van der Waals surface area contributed by atoms with E-state index in [1.165, 1.54) is 12.1 Å². The van der Waals surface area contributed by atoms with Crippen LogP contribution in [-0.4, -0.2) is 8.96 Å². The molecule has 0 saturated carbocycles. The summed E-state index contributed by atoms with van der Waals surface area (Å²) in [6.45, 7) is 7.72. The minimum Gasteiger partial charge on any atom is -0.242 e. The van der Waals surface area contributed by atoms with Gasteiger partial charge in [-0.05, 0) is 44.9 Å². The molecule has 1 rings (SSSR count). The molecule has 0 aromatic heterocycles. The van der Waals surface area contributed by atoms with Crippen molar-refractivity contribution in [2.75, 3.05) is 0 Å². The minimum absolute atomic E-state index is 0.0780. The Morgan fingerprint density at radius 1 is 1.41 bits per heavy atom. The van der Waals surface area contributed by atoms with Gasteiger partial charge in [-0.1, -0.05) is 19.1 Å². The fourth-order valence-corrected chi connectivity index (χ4v) is 2.33. The molecule has 0 heterocycles. The second-order valence-electron chi connectivity index (χ2n) is 5.01. The summed E-state index contributed by atoms with van der Waals surface area (Å²) in [7, 11) is -1.15. The lowest BCUT2D eigenvalue weighted by molar-refractivity contribution is 0.580. The number of hydrogen-bond donors (Lipinski definition) is 1. The Labute approximate surface area is 105 Å². The van der Waals surface area contributed by atoms with Crippen LogP contribution in [0.25, 0.3) is 0 Å². The molecule has 0 bridgehead atoms. The molecule has 17 heavy (non-hydrogen) atoms. The van der Waals surface area contributed by atoms with Gasteiger partial charge in [0.2, 0.25) is 0 Å². The number of benzene rings is 1. The van der Waals surface area contributed by atoms with Crippen LogP contribution in [0.4, 0.5) is 4.39 Å². The van der Waals surface area contributed by atoms with Crippen molar-refractivity contribution in [2.45, 2.75) is 44.9 Å². The average Bonchev–Trinajstić information content (AvgIpc) is 2.24. The minimum atomic E-state index is -1.15. The molecular weight excluding hydrogens is 237 g/mol. The van der Waals surface area contributed by atoms with Gasteiger partial charge in [-0.15, -0.1) is 0 Å². The van der Waals surface area contributed by atoms with Crippen LogP contribution < -0.4 is 4.72 Å². The predicted octanol–water partition coefficient (Wildman–Crippen LogP) is 3.33. The number of rotatable bonds is 4. The maximum absolute atomic E-state index is 13.1. The highest BCUT2D eigenvalue weighted by Gasteiger charge is 2.22. The lowest BCUT2D eigenvalue weighted by atomic mass is 10.1. The molecule has 0 unspecified atom stereocenters. The second kappa shape index (κ2) is 5.74. The smallest absolute Gasteiger partial charge is 0.123 e. The summed E-state index contributed by atoms with van der Waals surface area (Å²) in [5.74, 6) is -0.260. The van der Waals surface area contributed by atoms with Gasteiger partial charge in [0.15, 0.2) is 0 Å². The largest absolute Gasteiger partial charge is 0.242 e. The standard InChI is InChI=1S/C13H20FNOS/c1-5-12(15-17(16)13(2,3)4)10-7-6-8-11(14)9-10/h6-9,12,15H,5H2,1-4H3/t12-,17+/m1/s1. The Kier molecular flexibility index (Phi) is 4.83. The van der Waals surface area contributed by atoms with Crippen molar-refractivity contribution in [3.05, 3.63) is 35.6 Å². The first-order chi connectivity index (χ1) is 7.84. The van der Waals surface area contributed by atoms with Crippen LogP contribution in [0.5, 0.6) is 0 Å². The van der Waals surface area contributed by atoms with Crippen molar-refractivity contribution in [1.82, 2.24) is 4.72 Å². The van der Waals surface area contributed by atoms with Crippen LogP contribution >= 0.6 is 0 Å². The maximum Gasteiger partial charge on any atom is 0.123 e. The summed E-state index contributed by atoms with van der Waals surface area (Å²) in [5, 5.41) is 0. The maximum atomic E-state index is 13.1. The number of hydrogen-bond acceptors (Lipinski definition) is 1. The van der Waals surface area contributed by atoms with E-state index in [1.54, 1.807) is 6.07 Å². The Balaban J connectivity index is 2.83. The van der Waals surface area contributed by atoms with Crippen LogP contribution in [-0.2, 0) is 11.0 Å². The Morgan fingerprint density at radius 2 is 2.06 bits per heavy atom. The third-order valence-electron chi connectivity index (χ3n) is 2.46. The van der Waals surface area contributed by atoms with Crippen LogP contribution in [0.15, 0.2) is 24.3 Å². The van der Waals surface area contributed by atoms with Gasteiger partial charge in [0.05, 0.1) is 15.7 Å². The molecule has 1 aromatic carbocycles. The Morgan fingerprint density at radius 3 is 2.53 bits per heavy atom. The van der Waals surface area contributed by atoms with Gasteiger partial charge in [0.25, 0.3) is 0 Å². The van der Waals surface area contributed by atoms with Crippen molar-refractivity contribution in [2.24, 2.45) is 0 Å². The van der Waals surface area contributed by atoms with E-state index in [-0.39, 0.29) is 16.6 Å². The lowest BCUT2D eigenvalue weighted by Crippen LogP contribution is -2.35. The molecule has 4 heteroatoms. The third kappa shape index (κ3) is 4.21. The normalized spacial score (nSPS) is 15.6. The fourth-order valence-electron chi connectivity index (χ4n) is 1.42. The Hall–Kier alpha value is -0.740. The first kappa shape index (κ1) is 14.3. The fraction of sp³-hybridized carbons (Fsp3) is 0.538. The van der Waals surface area contributed by atoms with Gasteiger partial charge in [0.1, 0.15) is 5.82 Å². The van der Waals surface area contributed by atoms with Crippen molar-refractivity contribution in [3.63, 3.8) is 0 Å². The van der Waals surface area contributed by atoms with Crippen LogP contribution in [0.1, 0.15) is 45.7 Å². The summed E-state index contributed by atoms with van der Waals surface area (Å²) >= 11 is 0. The molecule has 0 aliphatic carbocycles. The SMILES string of the molecule is CC[C@@H](N[S@@](=O)C(C)(C)C)c1cccc(F)c1. The van der Waals surface area contributed by atoms with Crippen molar-refractivity contribution < 1.29 is 8.60 Å². The monoisotopic (exact) mass is 257 g/mol. The van der Waals surface area contributed by atoms with Crippen LogP contribution in [0, 0.1) is 5.82 Å². The summed E-state index contributed by atoms with van der Waals surface area (Å²) in [6.07, 6.45) is 0.769. The van der Waals surface area contributed by atoms with Gasteiger partial charge in [0, 0.05) is 6.04 Å². The first-order valence-electron chi connectivity index (χ1n) is 5.78. The second-order valence-corrected chi connectivity index (χ2v) is 7.01. The van der Waals surface area contributed by atoms with E-state index in [0.29, 0.717) is 0 Å². The highest BCUT2D eigenvalue weighted by Crippen LogP contribution is 2.20. The molecule has 0 aliphatic rings. The highest BCUT2D eigenvalue weighted by molar-refractivity contribution is 7.84. The highest BCUT2D eigenvalue weighted by atomic mass is 32.2. The zero-order valence-corrected chi connectivity index (χ0v) is 11.6. The number of nitrogens with one attached hydrogen (secondary N) is 1. The van der Waals surface area contributed by atoms with Crippen LogP contribution in [0.2, 0.25) is 0 Å². The van der Waals surface area contributed by atoms with E-state index >= 15 is 0 Å². The topological polar surface area (TPSA) is 29.1 Å². The van der Waals surface area contributed by atoms with Gasteiger partial charge in [-0.25, -0.2) is 13.3 Å². The molecule has 2 atom stereocenters. The average molecular weight is 257 g/mol. The molecule has 96 valence electrons. The predicted molar refractivity (Wildman–Crippen MR) is 70.5 cm³/mol. The third-order valence-corrected chi connectivity index (χ3v) is 4.08. The summed E-state index contributed by atoms with van der Waals surface area (Å²) in [5.41, 5.74) is 0.838. The van der Waals surface area contributed by atoms with E-state index in [2.05, 4.69) is 4.72 Å². The molecule has 1 N–H and O–H groups in total. The van der Waals surface area contributed by atoms with Gasteiger partial charge in [-0.2, -0.15) is 0 Å². The van der Waals surface area contributed by atoms with E-state index in [0.717, 1.165) is 12.0 Å². The van der Waals surface area contributed by atoms with E-state index < -0.39 is 11.0 Å². The molecule has 0 aliphatic heterocycles. The van der Waals surface area contributed by atoms with Gasteiger partial charge < -0.3 is 0 Å². The zero-order valence-electron chi connectivity index (χ0n) is 10.8. The Bertz CT molecular complexity index is 401. The first-order valence-corrected chi connectivity index (χ1v) is 6.93. The van der Waals surface area contributed by atoms with Crippen molar-refractivity contribution >= 4 is 11.0 Å². The summed E-state index contributed by atoms with van der Waals surface area (Å²) in [4.78, 5) is 0. The molecule has 0 saturated heterocycles. The van der Waals surface area contributed by atoms with Crippen molar-refractivity contribution in [3.8, 4) is 0 Å². The molecule has 0 spiro atoms.